The van der Waals surface area contributed by atoms with Crippen LogP contribution in [0.1, 0.15) is 32.3 Å². The second kappa shape index (κ2) is 9.27. The first kappa shape index (κ1) is 20.0. The van der Waals surface area contributed by atoms with Crippen LogP contribution in [-0.2, 0) is 26.0 Å². The number of hydrogen-bond donors (Lipinski definition) is 2. The van der Waals surface area contributed by atoms with Gasteiger partial charge >= 0.3 is 5.97 Å². The van der Waals surface area contributed by atoms with E-state index in [4.69, 9.17) is 9.84 Å². The summed E-state index contributed by atoms with van der Waals surface area (Å²) >= 11 is 0. The SMILES string of the molecule is CC(C)S(=O)(=O)CC(=O)NCc1ccc(OCCCC(=O)O)cc1. The highest BCUT2D eigenvalue weighted by atomic mass is 32.2. The van der Waals surface area contributed by atoms with Gasteiger partial charge in [0.2, 0.25) is 5.91 Å². The van der Waals surface area contributed by atoms with Gasteiger partial charge in [0, 0.05) is 13.0 Å². The standard InChI is InChI=1S/C16H23NO6S/c1-12(2)24(21,22)11-15(18)17-10-13-5-7-14(8-6-13)23-9-3-4-16(19)20/h5-8,12H,3-4,9-11H2,1-2H3,(H,17,18)(H,19,20). The Kier molecular flexibility index (Phi) is 7.70. The van der Waals surface area contributed by atoms with Crippen LogP contribution in [0.5, 0.6) is 5.75 Å². The molecule has 0 heterocycles. The first-order chi connectivity index (χ1) is 11.2. The summed E-state index contributed by atoms with van der Waals surface area (Å²) in [5.74, 6) is -1.30. The summed E-state index contributed by atoms with van der Waals surface area (Å²) in [6, 6.07) is 6.94. The van der Waals surface area contributed by atoms with Crippen molar-refractivity contribution in [1.82, 2.24) is 5.32 Å². The van der Waals surface area contributed by atoms with Crippen molar-refractivity contribution in [2.45, 2.75) is 38.5 Å². The minimum Gasteiger partial charge on any atom is -0.494 e. The van der Waals surface area contributed by atoms with Gasteiger partial charge < -0.3 is 15.2 Å². The topological polar surface area (TPSA) is 110 Å². The molecule has 0 aromatic heterocycles. The summed E-state index contributed by atoms with van der Waals surface area (Å²) in [6.45, 7) is 3.62. The van der Waals surface area contributed by atoms with Crippen molar-refractivity contribution in [1.29, 1.82) is 0 Å². The molecule has 0 aliphatic heterocycles. The lowest BCUT2D eigenvalue weighted by atomic mass is 10.2. The van der Waals surface area contributed by atoms with Gasteiger partial charge in [-0.2, -0.15) is 0 Å². The molecule has 0 atom stereocenters. The fourth-order valence-corrected chi connectivity index (χ4v) is 2.52. The van der Waals surface area contributed by atoms with E-state index < -0.39 is 32.7 Å². The normalized spacial score (nSPS) is 11.3. The highest BCUT2D eigenvalue weighted by molar-refractivity contribution is 7.92. The average molecular weight is 357 g/mol. The Balaban J connectivity index is 2.39. The third-order valence-electron chi connectivity index (χ3n) is 3.27. The van der Waals surface area contributed by atoms with Gasteiger partial charge in [0.1, 0.15) is 11.5 Å². The summed E-state index contributed by atoms with van der Waals surface area (Å²) in [4.78, 5) is 22.0. The molecule has 0 saturated carbocycles. The van der Waals surface area contributed by atoms with Crippen molar-refractivity contribution in [3.63, 3.8) is 0 Å². The minimum absolute atomic E-state index is 0.0589. The first-order valence-corrected chi connectivity index (χ1v) is 9.34. The first-order valence-electron chi connectivity index (χ1n) is 7.62. The van der Waals surface area contributed by atoms with Crippen LogP contribution in [0.15, 0.2) is 24.3 Å². The van der Waals surface area contributed by atoms with E-state index >= 15 is 0 Å². The molecule has 0 aliphatic carbocycles. The number of ether oxygens (including phenoxy) is 1. The Morgan fingerprint density at radius 1 is 1.21 bits per heavy atom. The molecule has 2 N–H and O–H groups in total. The number of nitrogens with one attached hydrogen (secondary N) is 1. The maximum Gasteiger partial charge on any atom is 0.303 e. The maximum atomic E-state index is 11.7. The number of rotatable bonds is 10. The van der Waals surface area contributed by atoms with E-state index in [9.17, 15) is 18.0 Å². The fraction of sp³-hybridized carbons (Fsp3) is 0.500. The van der Waals surface area contributed by atoms with E-state index in [1.54, 1.807) is 24.3 Å². The Morgan fingerprint density at radius 3 is 2.38 bits per heavy atom. The second-order valence-electron chi connectivity index (χ2n) is 5.62. The summed E-state index contributed by atoms with van der Waals surface area (Å²) < 4.78 is 28.7. The van der Waals surface area contributed by atoms with Crippen LogP contribution >= 0.6 is 0 Å². The Hall–Kier alpha value is -2.09. The van der Waals surface area contributed by atoms with E-state index in [-0.39, 0.29) is 13.0 Å². The highest BCUT2D eigenvalue weighted by Crippen LogP contribution is 2.12. The molecule has 8 heteroatoms. The molecule has 24 heavy (non-hydrogen) atoms. The van der Waals surface area contributed by atoms with Gasteiger partial charge in [-0.25, -0.2) is 8.42 Å². The van der Waals surface area contributed by atoms with Crippen LogP contribution in [-0.4, -0.2) is 43.0 Å². The van der Waals surface area contributed by atoms with Crippen molar-refractivity contribution in [2.24, 2.45) is 0 Å². The van der Waals surface area contributed by atoms with Gasteiger partial charge in [0.15, 0.2) is 9.84 Å². The predicted molar refractivity (Wildman–Crippen MR) is 89.6 cm³/mol. The van der Waals surface area contributed by atoms with E-state index in [1.807, 2.05) is 0 Å². The van der Waals surface area contributed by atoms with Gasteiger partial charge in [-0.1, -0.05) is 12.1 Å². The smallest absolute Gasteiger partial charge is 0.303 e. The number of carbonyl (C=O) groups is 2. The number of hydrogen-bond acceptors (Lipinski definition) is 5. The summed E-state index contributed by atoms with van der Waals surface area (Å²) in [7, 11) is -3.40. The molecule has 1 amide bonds. The van der Waals surface area contributed by atoms with E-state index in [0.29, 0.717) is 18.8 Å². The number of benzene rings is 1. The minimum atomic E-state index is -3.40. The van der Waals surface area contributed by atoms with Gasteiger partial charge in [-0.05, 0) is 38.0 Å². The largest absolute Gasteiger partial charge is 0.494 e. The zero-order valence-corrected chi connectivity index (χ0v) is 14.6. The van der Waals surface area contributed by atoms with Crippen LogP contribution in [0.3, 0.4) is 0 Å². The number of sulfone groups is 1. The molecular weight excluding hydrogens is 334 g/mol. The summed E-state index contributed by atoms with van der Waals surface area (Å²) in [5.41, 5.74) is 0.809. The number of aliphatic carboxylic acids is 1. The lowest BCUT2D eigenvalue weighted by molar-refractivity contribution is -0.137. The van der Waals surface area contributed by atoms with Crippen LogP contribution in [0, 0.1) is 0 Å². The number of amides is 1. The fourth-order valence-electron chi connectivity index (χ4n) is 1.72. The number of carboxylic acid groups (broad SMARTS) is 1. The average Bonchev–Trinajstić information content (AvgIpc) is 2.50. The number of carbonyl (C=O) groups excluding carboxylic acids is 1. The zero-order chi connectivity index (χ0) is 18.2. The lowest BCUT2D eigenvalue weighted by Gasteiger charge is -2.09. The van der Waals surface area contributed by atoms with E-state index in [0.717, 1.165) is 5.56 Å². The van der Waals surface area contributed by atoms with Crippen molar-refractivity contribution < 1.29 is 27.9 Å². The monoisotopic (exact) mass is 357 g/mol. The highest BCUT2D eigenvalue weighted by Gasteiger charge is 2.20. The van der Waals surface area contributed by atoms with Crippen molar-refractivity contribution >= 4 is 21.7 Å². The van der Waals surface area contributed by atoms with Gasteiger partial charge in [0.05, 0.1) is 11.9 Å². The molecule has 1 aromatic carbocycles. The van der Waals surface area contributed by atoms with Crippen molar-refractivity contribution in [3.05, 3.63) is 29.8 Å². The molecule has 0 fully saturated rings. The van der Waals surface area contributed by atoms with Gasteiger partial charge in [-0.15, -0.1) is 0 Å². The van der Waals surface area contributed by atoms with Crippen LogP contribution in [0.25, 0.3) is 0 Å². The third-order valence-corrected chi connectivity index (χ3v) is 5.37. The zero-order valence-electron chi connectivity index (χ0n) is 13.8. The Labute approximate surface area is 141 Å². The second-order valence-corrected chi connectivity index (χ2v) is 8.18. The van der Waals surface area contributed by atoms with Crippen LogP contribution in [0.4, 0.5) is 0 Å². The molecule has 7 nitrogen and oxygen atoms in total. The van der Waals surface area contributed by atoms with Gasteiger partial charge in [-0.3, -0.25) is 9.59 Å². The predicted octanol–water partition coefficient (Wildman–Crippen LogP) is 1.37. The Bertz CT molecular complexity index is 652. The molecule has 0 aliphatic rings. The summed E-state index contributed by atoms with van der Waals surface area (Å²) in [6.07, 6.45) is 0.487. The molecule has 0 bridgehead atoms. The van der Waals surface area contributed by atoms with Crippen molar-refractivity contribution in [2.75, 3.05) is 12.4 Å². The molecule has 134 valence electrons. The van der Waals surface area contributed by atoms with Crippen molar-refractivity contribution in [3.8, 4) is 5.75 Å². The summed E-state index contributed by atoms with van der Waals surface area (Å²) in [5, 5.41) is 10.5. The molecule has 0 spiro atoms. The number of carboxylic acids is 1. The van der Waals surface area contributed by atoms with E-state index in [1.165, 1.54) is 13.8 Å². The van der Waals surface area contributed by atoms with Crippen LogP contribution in [0.2, 0.25) is 0 Å². The van der Waals surface area contributed by atoms with Crippen LogP contribution < -0.4 is 10.1 Å². The van der Waals surface area contributed by atoms with E-state index in [2.05, 4.69) is 5.32 Å². The molecule has 0 radical (unpaired) electrons. The van der Waals surface area contributed by atoms with Gasteiger partial charge in [0.25, 0.3) is 0 Å². The maximum absolute atomic E-state index is 11.7. The molecule has 0 unspecified atom stereocenters. The molecule has 0 saturated heterocycles. The quantitative estimate of drug-likeness (QED) is 0.612. The lowest BCUT2D eigenvalue weighted by Crippen LogP contribution is -2.32. The molecule has 1 aromatic rings. The third kappa shape index (κ3) is 7.45. The molecular formula is C16H23NO6S. The Morgan fingerprint density at radius 2 is 1.83 bits per heavy atom. The molecule has 1 rings (SSSR count).